The Balaban J connectivity index is 1.13. The van der Waals surface area contributed by atoms with E-state index in [1.165, 1.54) is 37.5 Å². The van der Waals surface area contributed by atoms with E-state index in [4.69, 9.17) is 9.47 Å². The molecule has 3 atom stereocenters. The number of rotatable bonds is 2. The number of piperidine rings is 2. The monoisotopic (exact) mass is 481 g/mol. The van der Waals surface area contributed by atoms with E-state index in [1.54, 1.807) is 0 Å². The van der Waals surface area contributed by atoms with Gasteiger partial charge >= 0.3 is 12.2 Å². The van der Waals surface area contributed by atoms with Crippen LogP contribution in [0.3, 0.4) is 0 Å². The van der Waals surface area contributed by atoms with Crippen LogP contribution in [0.4, 0.5) is 9.59 Å². The van der Waals surface area contributed by atoms with Crippen molar-refractivity contribution in [3.8, 4) is 0 Å². The van der Waals surface area contributed by atoms with Gasteiger partial charge in [0.2, 0.25) is 0 Å². The molecule has 1 aromatic carbocycles. The molecule has 2 aliphatic carbocycles. The van der Waals surface area contributed by atoms with Gasteiger partial charge < -0.3 is 24.2 Å². The molecule has 1 aromatic rings. The zero-order chi connectivity index (χ0) is 24.0. The molecule has 0 aromatic heterocycles. The van der Waals surface area contributed by atoms with E-state index in [1.807, 2.05) is 4.90 Å². The van der Waals surface area contributed by atoms with Crippen LogP contribution in [0.1, 0.15) is 68.9 Å². The summed E-state index contributed by atoms with van der Waals surface area (Å²) in [6.45, 7) is 4.30. The Hall–Kier alpha value is -2.28. The van der Waals surface area contributed by atoms with Gasteiger partial charge in [-0.3, -0.25) is 0 Å². The maximum absolute atomic E-state index is 12.9. The zero-order valence-corrected chi connectivity index (χ0v) is 21.0. The van der Waals surface area contributed by atoms with Crippen molar-refractivity contribution in [2.75, 3.05) is 33.3 Å². The van der Waals surface area contributed by atoms with Crippen LogP contribution in [0.25, 0.3) is 0 Å². The standard InChI is InChI=1S/C28H39N3O4/c1-34-26(32)30-18-21-6-2-3-10-24(21)28(19-30)11-14-29(15-12-28)22-16-20-7-5-13-31(25(20)17-22)27(33)35-23-8-4-9-23/h2-3,6,10,20,22-23,25H,4-5,7-9,11-19H2,1H3. The SMILES string of the molecule is COC(=O)N1Cc2ccccc2C2(CCN(C3CC4CCCN(C(=O)OC5CCC5)C4C3)CC2)C1. The second-order valence-corrected chi connectivity index (χ2v) is 11.5. The number of hydrogen-bond donors (Lipinski definition) is 0. The highest BCUT2D eigenvalue weighted by Gasteiger charge is 2.48. The highest BCUT2D eigenvalue weighted by Crippen LogP contribution is 2.45. The lowest BCUT2D eigenvalue weighted by atomic mass is 9.68. The molecule has 0 N–H and O–H groups in total. The molecule has 6 rings (SSSR count). The first-order chi connectivity index (χ1) is 17.1. The van der Waals surface area contributed by atoms with Crippen molar-refractivity contribution in [3.05, 3.63) is 35.4 Å². The van der Waals surface area contributed by atoms with Crippen LogP contribution >= 0.6 is 0 Å². The summed E-state index contributed by atoms with van der Waals surface area (Å²) in [5.41, 5.74) is 2.68. The number of methoxy groups -OCH3 is 1. The fourth-order valence-electron chi connectivity index (χ4n) is 7.57. The summed E-state index contributed by atoms with van der Waals surface area (Å²) in [5.74, 6) is 0.601. The van der Waals surface area contributed by atoms with Gasteiger partial charge in [0.1, 0.15) is 6.10 Å². The molecule has 0 bridgehead atoms. The molecule has 0 radical (unpaired) electrons. The lowest BCUT2D eigenvalue weighted by Gasteiger charge is -2.49. The van der Waals surface area contributed by atoms with Crippen LogP contribution < -0.4 is 0 Å². The molecule has 190 valence electrons. The van der Waals surface area contributed by atoms with Crippen molar-refractivity contribution in [3.63, 3.8) is 0 Å². The first kappa shape index (κ1) is 23.1. The second kappa shape index (κ2) is 9.30. The average Bonchev–Trinajstić information content (AvgIpc) is 3.30. The summed E-state index contributed by atoms with van der Waals surface area (Å²) < 4.78 is 10.9. The largest absolute Gasteiger partial charge is 0.453 e. The number of carbonyl (C=O) groups excluding carboxylic acids is 2. The Bertz CT molecular complexity index is 955. The smallest absolute Gasteiger partial charge is 0.410 e. The predicted molar refractivity (Wildman–Crippen MR) is 132 cm³/mol. The topological polar surface area (TPSA) is 62.3 Å². The van der Waals surface area contributed by atoms with Crippen molar-refractivity contribution in [2.45, 2.75) is 87.9 Å². The molecule has 4 fully saturated rings. The zero-order valence-electron chi connectivity index (χ0n) is 21.0. The minimum absolute atomic E-state index is 0.00348. The highest BCUT2D eigenvalue weighted by atomic mass is 16.6. The molecule has 2 amide bonds. The number of hydrogen-bond acceptors (Lipinski definition) is 5. The van der Waals surface area contributed by atoms with Gasteiger partial charge in [-0.25, -0.2) is 9.59 Å². The lowest BCUT2D eigenvalue weighted by Crippen LogP contribution is -2.54. The molecule has 3 aliphatic heterocycles. The molecule has 2 saturated carbocycles. The molecular formula is C28H39N3O4. The average molecular weight is 482 g/mol. The molecule has 3 heterocycles. The number of ether oxygens (including phenoxy) is 2. The molecule has 1 spiro atoms. The predicted octanol–water partition coefficient (Wildman–Crippen LogP) is 4.53. The van der Waals surface area contributed by atoms with E-state index in [2.05, 4.69) is 34.1 Å². The summed E-state index contributed by atoms with van der Waals surface area (Å²) in [6, 6.07) is 9.52. The first-order valence-corrected chi connectivity index (χ1v) is 13.7. The van der Waals surface area contributed by atoms with Gasteiger partial charge in [0.05, 0.1) is 7.11 Å². The third-order valence-corrected chi connectivity index (χ3v) is 9.71. The van der Waals surface area contributed by atoms with Gasteiger partial charge in [0.25, 0.3) is 0 Å². The Morgan fingerprint density at radius 2 is 1.77 bits per heavy atom. The number of carbonyl (C=O) groups is 2. The number of fused-ring (bicyclic) bond motifs is 3. The van der Waals surface area contributed by atoms with Gasteiger partial charge in [0.15, 0.2) is 0 Å². The van der Waals surface area contributed by atoms with Gasteiger partial charge in [0, 0.05) is 37.1 Å². The summed E-state index contributed by atoms with van der Waals surface area (Å²) in [4.78, 5) is 32.0. The number of nitrogens with zero attached hydrogens (tertiary/aromatic N) is 3. The number of likely N-dealkylation sites (tertiary alicyclic amines) is 2. The second-order valence-electron chi connectivity index (χ2n) is 11.5. The van der Waals surface area contributed by atoms with Gasteiger partial charge in [-0.15, -0.1) is 0 Å². The van der Waals surface area contributed by atoms with Crippen LogP contribution in [0.2, 0.25) is 0 Å². The van der Waals surface area contributed by atoms with E-state index in [9.17, 15) is 9.59 Å². The quantitative estimate of drug-likeness (QED) is 0.621. The van der Waals surface area contributed by atoms with Gasteiger partial charge in [-0.05, 0) is 87.9 Å². The molecule has 3 unspecified atom stereocenters. The summed E-state index contributed by atoms with van der Waals surface area (Å²) in [6.07, 6.45) is 9.80. The number of benzene rings is 1. The molecule has 7 nitrogen and oxygen atoms in total. The fourth-order valence-corrected chi connectivity index (χ4v) is 7.57. The van der Waals surface area contributed by atoms with Crippen molar-refractivity contribution in [1.82, 2.24) is 14.7 Å². The summed E-state index contributed by atoms with van der Waals surface area (Å²) in [5, 5.41) is 0. The van der Waals surface area contributed by atoms with Crippen LogP contribution in [0, 0.1) is 5.92 Å². The van der Waals surface area contributed by atoms with Crippen LogP contribution in [-0.4, -0.2) is 78.4 Å². The minimum atomic E-state index is -0.227. The molecule has 35 heavy (non-hydrogen) atoms. The van der Waals surface area contributed by atoms with Crippen molar-refractivity contribution < 1.29 is 19.1 Å². The Morgan fingerprint density at radius 1 is 0.971 bits per heavy atom. The maximum Gasteiger partial charge on any atom is 0.410 e. The molecule has 7 heteroatoms. The Morgan fingerprint density at radius 3 is 2.51 bits per heavy atom. The third-order valence-electron chi connectivity index (χ3n) is 9.71. The van der Waals surface area contributed by atoms with Gasteiger partial charge in [-0.1, -0.05) is 24.3 Å². The summed E-state index contributed by atoms with van der Waals surface area (Å²) in [7, 11) is 1.48. The highest BCUT2D eigenvalue weighted by molar-refractivity contribution is 5.69. The Labute approximate surface area is 208 Å². The normalized spacial score (nSPS) is 30.4. The fraction of sp³-hybridized carbons (Fsp3) is 0.714. The van der Waals surface area contributed by atoms with E-state index in [-0.39, 0.29) is 23.7 Å². The minimum Gasteiger partial charge on any atom is -0.453 e. The van der Waals surface area contributed by atoms with Crippen molar-refractivity contribution in [2.24, 2.45) is 5.92 Å². The number of amides is 2. The lowest BCUT2D eigenvalue weighted by molar-refractivity contribution is 0.00647. The Kier molecular flexibility index (Phi) is 6.15. The van der Waals surface area contributed by atoms with Crippen molar-refractivity contribution in [1.29, 1.82) is 0 Å². The van der Waals surface area contributed by atoms with Gasteiger partial charge in [-0.2, -0.15) is 0 Å². The maximum atomic E-state index is 12.9. The van der Waals surface area contributed by atoms with E-state index < -0.39 is 0 Å². The van der Waals surface area contributed by atoms with Crippen LogP contribution in [-0.2, 0) is 21.4 Å². The third kappa shape index (κ3) is 4.20. The summed E-state index contributed by atoms with van der Waals surface area (Å²) >= 11 is 0. The molecule has 2 saturated heterocycles. The first-order valence-electron chi connectivity index (χ1n) is 13.7. The van der Waals surface area contributed by atoms with E-state index in [0.29, 0.717) is 24.5 Å². The molecular weight excluding hydrogens is 442 g/mol. The van der Waals surface area contributed by atoms with Crippen molar-refractivity contribution >= 4 is 12.2 Å². The van der Waals surface area contributed by atoms with E-state index >= 15 is 0 Å². The van der Waals surface area contributed by atoms with E-state index in [0.717, 1.165) is 64.7 Å². The molecule has 5 aliphatic rings. The van der Waals surface area contributed by atoms with Crippen LogP contribution in [0.5, 0.6) is 0 Å². The van der Waals surface area contributed by atoms with Crippen LogP contribution in [0.15, 0.2) is 24.3 Å².